The van der Waals surface area contributed by atoms with Gasteiger partial charge in [0, 0.05) is 17.6 Å². The summed E-state index contributed by atoms with van der Waals surface area (Å²) in [5.41, 5.74) is 1.43. The lowest BCUT2D eigenvalue weighted by Crippen LogP contribution is -2.26. The van der Waals surface area contributed by atoms with Gasteiger partial charge in [0.2, 0.25) is 0 Å². The summed E-state index contributed by atoms with van der Waals surface area (Å²) in [4.78, 5) is 0. The summed E-state index contributed by atoms with van der Waals surface area (Å²) in [6.07, 6.45) is 3.15. The molecule has 2 aromatic rings. The van der Waals surface area contributed by atoms with E-state index in [1.165, 1.54) is 6.07 Å². The van der Waals surface area contributed by atoms with Gasteiger partial charge in [0.25, 0.3) is 0 Å². The van der Waals surface area contributed by atoms with Gasteiger partial charge in [-0.05, 0) is 31.5 Å². The van der Waals surface area contributed by atoms with Crippen LogP contribution < -0.4 is 5.32 Å². The molecule has 0 amide bonds. The Morgan fingerprint density at radius 1 is 1.45 bits per heavy atom. The molecule has 1 unspecified atom stereocenters. The Balaban J connectivity index is 2.26. The molecule has 1 heterocycles. The average Bonchev–Trinajstić information content (AvgIpc) is 2.84. The highest BCUT2D eigenvalue weighted by Crippen LogP contribution is 2.25. The molecule has 6 heteroatoms. The lowest BCUT2D eigenvalue weighted by molar-refractivity contribution is 0.482. The molecule has 0 fully saturated rings. The van der Waals surface area contributed by atoms with Crippen LogP contribution in [-0.2, 0) is 13.5 Å². The van der Waals surface area contributed by atoms with Gasteiger partial charge >= 0.3 is 0 Å². The maximum atomic E-state index is 13.9. The zero-order valence-electron chi connectivity index (χ0n) is 11.6. The molecular formula is C14H18ClFN4. The van der Waals surface area contributed by atoms with Crippen molar-refractivity contribution in [1.29, 1.82) is 0 Å². The molecule has 20 heavy (non-hydrogen) atoms. The summed E-state index contributed by atoms with van der Waals surface area (Å²) in [5, 5.41) is 11.7. The predicted molar refractivity (Wildman–Crippen MR) is 77.2 cm³/mol. The highest BCUT2D eigenvalue weighted by Gasteiger charge is 2.19. The lowest BCUT2D eigenvalue weighted by atomic mass is 10.0. The van der Waals surface area contributed by atoms with Gasteiger partial charge in [-0.15, -0.1) is 5.10 Å². The van der Waals surface area contributed by atoms with Crippen molar-refractivity contribution in [1.82, 2.24) is 20.3 Å². The second kappa shape index (κ2) is 6.81. The van der Waals surface area contributed by atoms with E-state index in [1.54, 1.807) is 23.0 Å². The van der Waals surface area contributed by atoms with E-state index >= 15 is 0 Å². The number of rotatable bonds is 6. The Kier molecular flexibility index (Phi) is 5.09. The second-order valence-electron chi connectivity index (χ2n) is 4.69. The minimum atomic E-state index is -0.282. The topological polar surface area (TPSA) is 42.7 Å². The first-order valence-electron chi connectivity index (χ1n) is 6.64. The van der Waals surface area contributed by atoms with Crippen LogP contribution in [0.3, 0.4) is 0 Å². The molecule has 4 nitrogen and oxygen atoms in total. The predicted octanol–water partition coefficient (Wildman–Crippen LogP) is 2.89. The van der Waals surface area contributed by atoms with Crippen LogP contribution in [0.25, 0.3) is 0 Å². The molecule has 0 saturated carbocycles. The minimum absolute atomic E-state index is 0.0654. The normalized spacial score (nSPS) is 12.6. The van der Waals surface area contributed by atoms with E-state index in [0.29, 0.717) is 17.0 Å². The van der Waals surface area contributed by atoms with Gasteiger partial charge in [-0.1, -0.05) is 29.8 Å². The van der Waals surface area contributed by atoms with Crippen LogP contribution in [0.1, 0.15) is 30.6 Å². The molecule has 0 saturated heterocycles. The van der Waals surface area contributed by atoms with Crippen LogP contribution in [0.2, 0.25) is 5.02 Å². The van der Waals surface area contributed by atoms with Crippen LogP contribution in [0, 0.1) is 5.82 Å². The van der Waals surface area contributed by atoms with E-state index in [0.717, 1.165) is 18.7 Å². The van der Waals surface area contributed by atoms with Crippen LogP contribution in [0.5, 0.6) is 0 Å². The number of nitrogens with zero attached hydrogens (tertiary/aromatic N) is 3. The summed E-state index contributed by atoms with van der Waals surface area (Å²) >= 11 is 6.10. The molecule has 0 aliphatic carbocycles. The number of hydrogen-bond donors (Lipinski definition) is 1. The van der Waals surface area contributed by atoms with E-state index < -0.39 is 0 Å². The monoisotopic (exact) mass is 296 g/mol. The summed E-state index contributed by atoms with van der Waals surface area (Å²) in [5.74, 6) is -0.282. The van der Waals surface area contributed by atoms with Crippen LogP contribution in [0.15, 0.2) is 24.4 Å². The van der Waals surface area contributed by atoms with Gasteiger partial charge in [-0.3, -0.25) is 4.68 Å². The Morgan fingerprint density at radius 2 is 2.25 bits per heavy atom. The highest BCUT2D eigenvalue weighted by atomic mass is 35.5. The smallest absolute Gasteiger partial charge is 0.127 e. The van der Waals surface area contributed by atoms with Crippen LogP contribution >= 0.6 is 11.6 Å². The molecular weight excluding hydrogens is 279 g/mol. The van der Waals surface area contributed by atoms with Gasteiger partial charge in [-0.2, -0.15) is 0 Å². The first-order chi connectivity index (χ1) is 9.63. The SMILES string of the molecule is CCCNC(Cc1c(F)cccc1Cl)c1cnnn1C. The Bertz CT molecular complexity index is 550. The molecule has 108 valence electrons. The number of hydrogen-bond acceptors (Lipinski definition) is 3. The molecule has 1 aromatic carbocycles. The molecule has 1 N–H and O–H groups in total. The quantitative estimate of drug-likeness (QED) is 0.891. The van der Waals surface area contributed by atoms with Crippen molar-refractivity contribution < 1.29 is 4.39 Å². The van der Waals surface area contributed by atoms with Gasteiger partial charge in [0.1, 0.15) is 5.82 Å². The van der Waals surface area contributed by atoms with Gasteiger partial charge in [0.05, 0.1) is 17.9 Å². The number of benzene rings is 1. The summed E-state index contributed by atoms with van der Waals surface area (Å²) < 4.78 is 15.6. The Morgan fingerprint density at radius 3 is 2.85 bits per heavy atom. The third kappa shape index (κ3) is 3.35. The van der Waals surface area contributed by atoms with Crippen molar-refractivity contribution in [2.75, 3.05) is 6.54 Å². The summed E-state index contributed by atoms with van der Waals surface area (Å²) in [6.45, 7) is 2.92. The number of aromatic nitrogens is 3. The maximum Gasteiger partial charge on any atom is 0.127 e. The van der Waals surface area contributed by atoms with E-state index in [9.17, 15) is 4.39 Å². The first kappa shape index (κ1) is 14.9. The molecule has 2 rings (SSSR count). The number of halogens is 2. The largest absolute Gasteiger partial charge is 0.308 e. The zero-order chi connectivity index (χ0) is 14.5. The van der Waals surface area contributed by atoms with E-state index in [4.69, 9.17) is 11.6 Å². The van der Waals surface area contributed by atoms with Crippen molar-refractivity contribution in [2.45, 2.75) is 25.8 Å². The van der Waals surface area contributed by atoms with Crippen molar-refractivity contribution in [2.24, 2.45) is 7.05 Å². The van der Waals surface area contributed by atoms with Crippen molar-refractivity contribution in [3.05, 3.63) is 46.5 Å². The zero-order valence-corrected chi connectivity index (χ0v) is 12.4. The minimum Gasteiger partial charge on any atom is -0.308 e. The fourth-order valence-electron chi connectivity index (χ4n) is 2.14. The maximum absolute atomic E-state index is 13.9. The van der Waals surface area contributed by atoms with Gasteiger partial charge < -0.3 is 5.32 Å². The standard InChI is InChI=1S/C14H18ClFN4/c1-3-7-17-13(14-9-18-19-20(14)2)8-10-11(15)5-4-6-12(10)16/h4-6,9,13,17H,3,7-8H2,1-2H3. The fourth-order valence-corrected chi connectivity index (χ4v) is 2.38. The summed E-state index contributed by atoms with van der Waals surface area (Å²) in [7, 11) is 1.83. The molecule has 0 aliphatic heterocycles. The van der Waals surface area contributed by atoms with E-state index in [2.05, 4.69) is 22.6 Å². The molecule has 0 aliphatic rings. The average molecular weight is 297 g/mol. The molecule has 0 spiro atoms. The van der Waals surface area contributed by atoms with Gasteiger partial charge in [0.15, 0.2) is 0 Å². The van der Waals surface area contributed by atoms with Crippen molar-refractivity contribution in [3.63, 3.8) is 0 Å². The van der Waals surface area contributed by atoms with E-state index in [-0.39, 0.29) is 11.9 Å². The number of nitrogens with one attached hydrogen (secondary N) is 1. The highest BCUT2D eigenvalue weighted by molar-refractivity contribution is 6.31. The third-order valence-electron chi connectivity index (χ3n) is 3.22. The summed E-state index contributed by atoms with van der Waals surface area (Å²) in [6, 6.07) is 4.68. The van der Waals surface area contributed by atoms with Crippen molar-refractivity contribution in [3.8, 4) is 0 Å². The second-order valence-corrected chi connectivity index (χ2v) is 5.10. The Hall–Kier alpha value is -1.46. The Labute approximate surface area is 122 Å². The van der Waals surface area contributed by atoms with E-state index in [1.807, 2.05) is 7.05 Å². The molecule has 1 atom stereocenters. The number of aryl methyl sites for hydroxylation is 1. The third-order valence-corrected chi connectivity index (χ3v) is 3.57. The van der Waals surface area contributed by atoms with Gasteiger partial charge in [-0.25, -0.2) is 4.39 Å². The van der Waals surface area contributed by atoms with Crippen molar-refractivity contribution >= 4 is 11.6 Å². The van der Waals surface area contributed by atoms with Crippen LogP contribution in [-0.4, -0.2) is 21.5 Å². The molecule has 1 aromatic heterocycles. The molecule has 0 bridgehead atoms. The lowest BCUT2D eigenvalue weighted by Gasteiger charge is -2.19. The fraction of sp³-hybridized carbons (Fsp3) is 0.429. The first-order valence-corrected chi connectivity index (χ1v) is 7.02. The molecule has 0 radical (unpaired) electrons. The van der Waals surface area contributed by atoms with Crippen LogP contribution in [0.4, 0.5) is 4.39 Å².